The first kappa shape index (κ1) is 19.7. The molecule has 1 aromatic carbocycles. The number of urea groups is 1. The molecule has 0 bridgehead atoms. The van der Waals surface area contributed by atoms with Gasteiger partial charge >= 0.3 is 6.03 Å². The summed E-state index contributed by atoms with van der Waals surface area (Å²) in [7, 11) is 0. The van der Waals surface area contributed by atoms with E-state index in [1.807, 2.05) is 4.90 Å². The number of hydrogen-bond acceptors (Lipinski definition) is 5. The van der Waals surface area contributed by atoms with Crippen LogP contribution in [-0.2, 0) is 0 Å². The minimum Gasteiger partial charge on any atom is -0.491 e. The number of benzene rings is 1. The van der Waals surface area contributed by atoms with Gasteiger partial charge in [-0.1, -0.05) is 6.07 Å². The lowest BCUT2D eigenvalue weighted by atomic mass is 10.1. The number of carbonyl (C=O) groups is 1. The fraction of sp³-hybridized carbons (Fsp3) is 0.421. The Morgan fingerprint density at radius 3 is 2.75 bits per heavy atom. The van der Waals surface area contributed by atoms with E-state index in [4.69, 9.17) is 4.74 Å². The number of carbonyl (C=O) groups excluding carboxylic acids is 1. The SMILES string of the molecule is CCOc1ccc([C@@H](C)NC(=O)N2CCN(c3ncc[nH]c3=O)CC2)cc1F. The van der Waals surface area contributed by atoms with Gasteiger partial charge < -0.3 is 24.8 Å². The number of piperazine rings is 1. The third-order valence-electron chi connectivity index (χ3n) is 4.65. The van der Waals surface area contributed by atoms with E-state index in [2.05, 4.69) is 15.3 Å². The Hall–Kier alpha value is -3.10. The van der Waals surface area contributed by atoms with Crippen LogP contribution in [0.4, 0.5) is 15.0 Å². The Labute approximate surface area is 162 Å². The van der Waals surface area contributed by atoms with Gasteiger partial charge in [0.15, 0.2) is 17.4 Å². The van der Waals surface area contributed by atoms with E-state index in [-0.39, 0.29) is 23.4 Å². The lowest BCUT2D eigenvalue weighted by Gasteiger charge is -2.35. The number of hydrogen-bond donors (Lipinski definition) is 2. The Morgan fingerprint density at radius 2 is 2.11 bits per heavy atom. The summed E-state index contributed by atoms with van der Waals surface area (Å²) in [5.41, 5.74) is 0.416. The average Bonchev–Trinajstić information content (AvgIpc) is 2.70. The summed E-state index contributed by atoms with van der Waals surface area (Å²) in [5.74, 6) is 0.112. The first-order valence-electron chi connectivity index (χ1n) is 9.26. The maximum absolute atomic E-state index is 14.0. The molecule has 1 aliphatic rings. The van der Waals surface area contributed by atoms with E-state index in [0.717, 1.165) is 0 Å². The number of halogens is 1. The second-order valence-corrected chi connectivity index (χ2v) is 6.51. The number of nitrogens with one attached hydrogen (secondary N) is 2. The van der Waals surface area contributed by atoms with Crippen LogP contribution >= 0.6 is 0 Å². The molecule has 0 aliphatic carbocycles. The van der Waals surface area contributed by atoms with Crippen molar-refractivity contribution in [1.82, 2.24) is 20.2 Å². The van der Waals surface area contributed by atoms with E-state index in [1.165, 1.54) is 18.5 Å². The smallest absolute Gasteiger partial charge is 0.317 e. The van der Waals surface area contributed by atoms with Crippen LogP contribution in [0.5, 0.6) is 5.75 Å². The summed E-state index contributed by atoms with van der Waals surface area (Å²) in [6, 6.07) is 4.11. The summed E-state index contributed by atoms with van der Waals surface area (Å²) in [4.78, 5) is 34.6. The molecule has 0 unspecified atom stereocenters. The lowest BCUT2D eigenvalue weighted by Crippen LogP contribution is -2.53. The third-order valence-corrected chi connectivity index (χ3v) is 4.65. The third kappa shape index (κ3) is 4.41. The van der Waals surface area contributed by atoms with Gasteiger partial charge in [0.25, 0.3) is 5.56 Å². The van der Waals surface area contributed by atoms with Crippen molar-refractivity contribution in [3.05, 3.63) is 52.3 Å². The molecule has 9 heteroatoms. The maximum Gasteiger partial charge on any atom is 0.317 e. The minimum absolute atomic E-state index is 0.199. The molecule has 1 aliphatic heterocycles. The van der Waals surface area contributed by atoms with Gasteiger partial charge in [-0.3, -0.25) is 4.79 Å². The van der Waals surface area contributed by atoms with Crippen LogP contribution in [0.25, 0.3) is 0 Å². The molecule has 8 nitrogen and oxygen atoms in total. The maximum atomic E-state index is 14.0. The standard InChI is InChI=1S/C19H24FN5O3/c1-3-28-16-5-4-14(12-15(16)20)13(2)23-19(27)25-10-8-24(9-11-25)17-18(26)22-7-6-21-17/h4-7,12-13H,3,8-11H2,1-2H3,(H,22,26)(H,23,27)/t13-/m1/s1. The van der Waals surface area contributed by atoms with Crippen LogP contribution in [-0.4, -0.2) is 53.7 Å². The molecule has 0 saturated carbocycles. The average molecular weight is 389 g/mol. The molecule has 2 heterocycles. The van der Waals surface area contributed by atoms with E-state index < -0.39 is 5.82 Å². The van der Waals surface area contributed by atoms with E-state index in [0.29, 0.717) is 44.2 Å². The van der Waals surface area contributed by atoms with Crippen molar-refractivity contribution in [2.45, 2.75) is 19.9 Å². The van der Waals surface area contributed by atoms with Crippen molar-refractivity contribution in [2.24, 2.45) is 0 Å². The number of rotatable bonds is 5. The van der Waals surface area contributed by atoms with Crippen LogP contribution < -0.4 is 20.5 Å². The van der Waals surface area contributed by atoms with Crippen LogP contribution in [0.2, 0.25) is 0 Å². The molecule has 1 fully saturated rings. The van der Waals surface area contributed by atoms with Crippen LogP contribution in [0, 0.1) is 5.82 Å². The number of anilines is 1. The Morgan fingerprint density at radius 1 is 1.36 bits per heavy atom. The summed E-state index contributed by atoms with van der Waals surface area (Å²) < 4.78 is 19.2. The Kier molecular flexibility index (Phi) is 6.13. The van der Waals surface area contributed by atoms with Crippen molar-refractivity contribution in [2.75, 3.05) is 37.7 Å². The molecule has 150 valence electrons. The number of nitrogens with zero attached hydrogens (tertiary/aromatic N) is 3. The number of amides is 2. The fourth-order valence-corrected chi connectivity index (χ4v) is 3.11. The second kappa shape index (κ2) is 8.73. The minimum atomic E-state index is -0.449. The summed E-state index contributed by atoms with van der Waals surface area (Å²) >= 11 is 0. The molecule has 1 saturated heterocycles. The van der Waals surface area contributed by atoms with Crippen LogP contribution in [0.3, 0.4) is 0 Å². The fourth-order valence-electron chi connectivity index (χ4n) is 3.11. The van der Waals surface area contributed by atoms with Gasteiger partial charge in [0, 0.05) is 38.6 Å². The van der Waals surface area contributed by atoms with E-state index in [1.54, 1.807) is 30.9 Å². The molecule has 1 aromatic heterocycles. The second-order valence-electron chi connectivity index (χ2n) is 6.51. The van der Waals surface area contributed by atoms with Crippen LogP contribution in [0.1, 0.15) is 25.5 Å². The zero-order chi connectivity index (χ0) is 20.1. The number of H-pyrrole nitrogens is 1. The summed E-state index contributed by atoms with van der Waals surface area (Å²) in [6.45, 7) is 5.94. The topological polar surface area (TPSA) is 90.6 Å². The normalized spacial score (nSPS) is 15.2. The molecule has 0 spiro atoms. The Balaban J connectivity index is 1.56. The first-order valence-corrected chi connectivity index (χ1v) is 9.26. The van der Waals surface area contributed by atoms with Crippen molar-refractivity contribution >= 4 is 11.8 Å². The van der Waals surface area contributed by atoms with E-state index >= 15 is 0 Å². The zero-order valence-corrected chi connectivity index (χ0v) is 15.9. The molecule has 1 atom stereocenters. The summed E-state index contributed by atoms with van der Waals surface area (Å²) in [5, 5.41) is 2.89. The highest BCUT2D eigenvalue weighted by Gasteiger charge is 2.24. The summed E-state index contributed by atoms with van der Waals surface area (Å²) in [6.07, 6.45) is 3.02. The van der Waals surface area contributed by atoms with Crippen molar-refractivity contribution in [1.29, 1.82) is 0 Å². The first-order chi connectivity index (χ1) is 13.5. The largest absolute Gasteiger partial charge is 0.491 e. The molecular weight excluding hydrogens is 365 g/mol. The number of aromatic nitrogens is 2. The van der Waals surface area contributed by atoms with Gasteiger partial charge in [-0.2, -0.15) is 0 Å². The number of aromatic amines is 1. The van der Waals surface area contributed by atoms with Crippen molar-refractivity contribution in [3.63, 3.8) is 0 Å². The highest BCUT2D eigenvalue weighted by Crippen LogP contribution is 2.22. The molecule has 2 amide bonds. The molecule has 2 N–H and O–H groups in total. The quantitative estimate of drug-likeness (QED) is 0.815. The van der Waals surface area contributed by atoms with Crippen molar-refractivity contribution in [3.8, 4) is 5.75 Å². The van der Waals surface area contributed by atoms with Crippen molar-refractivity contribution < 1.29 is 13.9 Å². The molecule has 0 radical (unpaired) electrons. The highest BCUT2D eigenvalue weighted by molar-refractivity contribution is 5.75. The van der Waals surface area contributed by atoms with Gasteiger partial charge in [-0.25, -0.2) is 14.2 Å². The van der Waals surface area contributed by atoms with Gasteiger partial charge in [0.1, 0.15) is 0 Å². The van der Waals surface area contributed by atoms with Gasteiger partial charge in [-0.05, 0) is 31.5 Å². The van der Waals surface area contributed by atoms with Gasteiger partial charge in [0.05, 0.1) is 12.6 Å². The number of ether oxygens (including phenoxy) is 1. The van der Waals surface area contributed by atoms with Gasteiger partial charge in [-0.15, -0.1) is 0 Å². The van der Waals surface area contributed by atoms with Crippen LogP contribution in [0.15, 0.2) is 35.4 Å². The zero-order valence-electron chi connectivity index (χ0n) is 15.9. The predicted molar refractivity (Wildman–Crippen MR) is 103 cm³/mol. The van der Waals surface area contributed by atoms with E-state index in [9.17, 15) is 14.0 Å². The lowest BCUT2D eigenvalue weighted by molar-refractivity contribution is 0.191. The highest BCUT2D eigenvalue weighted by atomic mass is 19.1. The van der Waals surface area contributed by atoms with Gasteiger partial charge in [0.2, 0.25) is 0 Å². The monoisotopic (exact) mass is 389 g/mol. The molecular formula is C19H24FN5O3. The molecule has 3 rings (SSSR count). The Bertz CT molecular complexity index is 880. The predicted octanol–water partition coefficient (Wildman–Crippen LogP) is 1.90. The molecule has 2 aromatic rings. The molecule has 28 heavy (non-hydrogen) atoms.